The van der Waals surface area contributed by atoms with Crippen LogP contribution in [-0.4, -0.2) is 27.9 Å². The van der Waals surface area contributed by atoms with Gasteiger partial charge in [-0.25, -0.2) is 0 Å². The standard InChI is InChI=1S/C9H14N4/c1-3-10-4-2-9(1)5-8-12-11-7-13(8)6-9/h7,10H,1-6H2. The third kappa shape index (κ3) is 1.09. The van der Waals surface area contributed by atoms with Crippen molar-refractivity contribution >= 4 is 0 Å². The largest absolute Gasteiger partial charge is 0.317 e. The van der Waals surface area contributed by atoms with E-state index in [2.05, 4.69) is 20.1 Å². The summed E-state index contributed by atoms with van der Waals surface area (Å²) in [6.45, 7) is 3.47. The molecule has 0 atom stereocenters. The van der Waals surface area contributed by atoms with Gasteiger partial charge in [0.05, 0.1) is 0 Å². The molecule has 3 heterocycles. The molecule has 0 unspecified atom stereocenters. The molecular weight excluding hydrogens is 164 g/mol. The number of aromatic nitrogens is 3. The lowest BCUT2D eigenvalue weighted by Crippen LogP contribution is -2.37. The van der Waals surface area contributed by atoms with Crippen LogP contribution in [0.15, 0.2) is 6.33 Å². The molecule has 3 rings (SSSR count). The molecular formula is C9H14N4. The van der Waals surface area contributed by atoms with Crippen molar-refractivity contribution in [1.29, 1.82) is 0 Å². The molecule has 1 spiro atoms. The minimum absolute atomic E-state index is 0.510. The molecule has 4 nitrogen and oxygen atoms in total. The van der Waals surface area contributed by atoms with Crippen LogP contribution in [0.1, 0.15) is 18.7 Å². The normalized spacial score (nSPS) is 24.9. The third-order valence-electron chi connectivity index (χ3n) is 3.40. The fourth-order valence-electron chi connectivity index (χ4n) is 2.59. The van der Waals surface area contributed by atoms with E-state index in [4.69, 9.17) is 0 Å². The van der Waals surface area contributed by atoms with E-state index in [1.165, 1.54) is 18.7 Å². The molecule has 1 aromatic rings. The first kappa shape index (κ1) is 7.50. The highest BCUT2D eigenvalue weighted by molar-refractivity contribution is 5.03. The summed E-state index contributed by atoms with van der Waals surface area (Å²) in [7, 11) is 0. The van der Waals surface area contributed by atoms with Crippen LogP contribution < -0.4 is 5.32 Å². The summed E-state index contributed by atoms with van der Waals surface area (Å²) in [5, 5.41) is 11.5. The highest BCUT2D eigenvalue weighted by Gasteiger charge is 2.39. The van der Waals surface area contributed by atoms with Crippen molar-refractivity contribution in [1.82, 2.24) is 20.1 Å². The minimum Gasteiger partial charge on any atom is -0.317 e. The fourth-order valence-corrected chi connectivity index (χ4v) is 2.59. The van der Waals surface area contributed by atoms with Crippen LogP contribution in [0.25, 0.3) is 0 Å². The van der Waals surface area contributed by atoms with E-state index in [1.54, 1.807) is 0 Å². The second kappa shape index (κ2) is 2.54. The summed E-state index contributed by atoms with van der Waals surface area (Å²) in [5.74, 6) is 1.18. The van der Waals surface area contributed by atoms with Crippen LogP contribution in [0.5, 0.6) is 0 Å². The molecule has 13 heavy (non-hydrogen) atoms. The third-order valence-corrected chi connectivity index (χ3v) is 3.40. The maximum absolute atomic E-state index is 4.14. The summed E-state index contributed by atoms with van der Waals surface area (Å²) < 4.78 is 2.21. The average Bonchev–Trinajstić information content (AvgIpc) is 2.64. The van der Waals surface area contributed by atoms with Crippen LogP contribution in [0.3, 0.4) is 0 Å². The molecule has 4 heteroatoms. The molecule has 0 bridgehead atoms. The Morgan fingerprint density at radius 3 is 3.00 bits per heavy atom. The van der Waals surface area contributed by atoms with Crippen LogP contribution in [0, 0.1) is 5.41 Å². The second-order valence-corrected chi connectivity index (χ2v) is 4.30. The van der Waals surface area contributed by atoms with Crippen molar-refractivity contribution in [2.24, 2.45) is 5.41 Å². The van der Waals surface area contributed by atoms with Gasteiger partial charge in [-0.1, -0.05) is 0 Å². The number of hydrogen-bond acceptors (Lipinski definition) is 3. The molecule has 0 saturated carbocycles. The van der Waals surface area contributed by atoms with Gasteiger partial charge < -0.3 is 9.88 Å². The first-order chi connectivity index (χ1) is 6.38. The molecule has 0 aromatic carbocycles. The summed E-state index contributed by atoms with van der Waals surface area (Å²) >= 11 is 0. The summed E-state index contributed by atoms with van der Waals surface area (Å²) in [6.07, 6.45) is 5.58. The molecule has 70 valence electrons. The van der Waals surface area contributed by atoms with Gasteiger partial charge in [-0.3, -0.25) is 0 Å². The van der Waals surface area contributed by atoms with E-state index in [0.717, 1.165) is 26.1 Å². The Morgan fingerprint density at radius 1 is 1.38 bits per heavy atom. The number of rotatable bonds is 0. The quantitative estimate of drug-likeness (QED) is 0.617. The molecule has 0 radical (unpaired) electrons. The van der Waals surface area contributed by atoms with E-state index >= 15 is 0 Å². The smallest absolute Gasteiger partial charge is 0.133 e. The van der Waals surface area contributed by atoms with Gasteiger partial charge in [-0.15, -0.1) is 10.2 Å². The fraction of sp³-hybridized carbons (Fsp3) is 0.778. The lowest BCUT2D eigenvalue weighted by molar-refractivity contribution is 0.197. The van der Waals surface area contributed by atoms with Gasteiger partial charge in [-0.05, 0) is 31.3 Å². The first-order valence-corrected chi connectivity index (χ1v) is 4.95. The summed E-state index contributed by atoms with van der Waals surface area (Å²) in [5.41, 5.74) is 0.510. The number of hydrogen-bond donors (Lipinski definition) is 1. The predicted octanol–water partition coefficient (Wildman–Crippen LogP) is 0.204. The Balaban J connectivity index is 1.86. The zero-order valence-corrected chi connectivity index (χ0v) is 7.66. The zero-order chi connectivity index (χ0) is 8.73. The van der Waals surface area contributed by atoms with Crippen LogP contribution in [-0.2, 0) is 13.0 Å². The number of piperidine rings is 1. The molecule has 1 saturated heterocycles. The molecule has 0 amide bonds. The Kier molecular flexibility index (Phi) is 1.47. The molecule has 1 N–H and O–H groups in total. The highest BCUT2D eigenvalue weighted by Crippen LogP contribution is 2.38. The van der Waals surface area contributed by atoms with Gasteiger partial charge in [0, 0.05) is 13.0 Å². The maximum Gasteiger partial charge on any atom is 0.133 e. The molecule has 1 aromatic heterocycles. The minimum atomic E-state index is 0.510. The summed E-state index contributed by atoms with van der Waals surface area (Å²) in [4.78, 5) is 0. The number of nitrogens with zero attached hydrogens (tertiary/aromatic N) is 3. The van der Waals surface area contributed by atoms with Crippen molar-refractivity contribution in [3.63, 3.8) is 0 Å². The van der Waals surface area contributed by atoms with Gasteiger partial charge in [0.25, 0.3) is 0 Å². The average molecular weight is 178 g/mol. The van der Waals surface area contributed by atoms with Crippen molar-refractivity contribution in [3.8, 4) is 0 Å². The van der Waals surface area contributed by atoms with E-state index in [9.17, 15) is 0 Å². The van der Waals surface area contributed by atoms with Crippen molar-refractivity contribution in [2.75, 3.05) is 13.1 Å². The van der Waals surface area contributed by atoms with Gasteiger partial charge in [0.2, 0.25) is 0 Å². The van der Waals surface area contributed by atoms with Crippen LogP contribution in [0.2, 0.25) is 0 Å². The van der Waals surface area contributed by atoms with E-state index < -0.39 is 0 Å². The first-order valence-electron chi connectivity index (χ1n) is 4.95. The monoisotopic (exact) mass is 178 g/mol. The summed E-state index contributed by atoms with van der Waals surface area (Å²) in [6, 6.07) is 0. The van der Waals surface area contributed by atoms with Crippen molar-refractivity contribution in [3.05, 3.63) is 12.2 Å². The Morgan fingerprint density at radius 2 is 2.23 bits per heavy atom. The Hall–Kier alpha value is -0.900. The van der Waals surface area contributed by atoms with Gasteiger partial charge in [0.15, 0.2) is 0 Å². The van der Waals surface area contributed by atoms with Crippen molar-refractivity contribution < 1.29 is 0 Å². The van der Waals surface area contributed by atoms with E-state index in [1.807, 2.05) is 6.33 Å². The number of fused-ring (bicyclic) bond motifs is 1. The predicted molar refractivity (Wildman–Crippen MR) is 48.3 cm³/mol. The topological polar surface area (TPSA) is 42.7 Å². The van der Waals surface area contributed by atoms with Crippen molar-refractivity contribution in [2.45, 2.75) is 25.8 Å². The molecule has 1 fully saturated rings. The van der Waals surface area contributed by atoms with Gasteiger partial charge in [-0.2, -0.15) is 0 Å². The van der Waals surface area contributed by atoms with Gasteiger partial charge in [0.1, 0.15) is 12.2 Å². The SMILES string of the molecule is c1nnc2n1CC1(CCNCC1)C2. The highest BCUT2D eigenvalue weighted by atomic mass is 15.3. The maximum atomic E-state index is 4.14. The molecule has 2 aliphatic heterocycles. The Bertz CT molecular complexity index is 289. The molecule has 2 aliphatic rings. The zero-order valence-electron chi connectivity index (χ0n) is 7.66. The van der Waals surface area contributed by atoms with Crippen LogP contribution in [0.4, 0.5) is 0 Å². The van der Waals surface area contributed by atoms with Gasteiger partial charge >= 0.3 is 0 Å². The number of nitrogens with one attached hydrogen (secondary N) is 1. The van der Waals surface area contributed by atoms with E-state index in [0.29, 0.717) is 5.41 Å². The van der Waals surface area contributed by atoms with Crippen LogP contribution >= 0.6 is 0 Å². The van der Waals surface area contributed by atoms with E-state index in [-0.39, 0.29) is 0 Å². The lowest BCUT2D eigenvalue weighted by atomic mass is 9.78. The molecule has 0 aliphatic carbocycles. The Labute approximate surface area is 77.4 Å². The second-order valence-electron chi connectivity index (χ2n) is 4.30. The lowest BCUT2D eigenvalue weighted by Gasteiger charge is -2.32.